The second-order valence-electron chi connectivity index (χ2n) is 4.39. The number of aldehydes is 1. The molecule has 0 atom stereocenters. The highest BCUT2D eigenvalue weighted by atomic mass is 35.5. The van der Waals surface area contributed by atoms with Gasteiger partial charge in [0.05, 0.1) is 18.7 Å². The van der Waals surface area contributed by atoms with Gasteiger partial charge >= 0.3 is 0 Å². The molecular formula is C14H18ClNO4. The van der Waals surface area contributed by atoms with Gasteiger partial charge in [0.2, 0.25) is 5.91 Å². The zero-order valence-corrected chi connectivity index (χ0v) is 12.6. The molecule has 0 saturated carbocycles. The fourth-order valence-corrected chi connectivity index (χ4v) is 1.84. The van der Waals surface area contributed by atoms with Crippen LogP contribution in [0.1, 0.15) is 23.2 Å². The molecule has 0 bridgehead atoms. The third-order valence-electron chi connectivity index (χ3n) is 2.67. The number of halogens is 1. The van der Waals surface area contributed by atoms with Crippen LogP contribution >= 0.6 is 11.6 Å². The van der Waals surface area contributed by atoms with Crippen molar-refractivity contribution in [2.45, 2.75) is 12.8 Å². The topological polar surface area (TPSA) is 55.8 Å². The molecule has 0 aromatic heterocycles. The predicted molar refractivity (Wildman–Crippen MR) is 76.8 cm³/mol. The largest absolute Gasteiger partial charge is 0.493 e. The van der Waals surface area contributed by atoms with Gasteiger partial charge in [-0.05, 0) is 18.6 Å². The molecule has 5 nitrogen and oxygen atoms in total. The number of nitrogens with zero attached hydrogens (tertiary/aromatic N) is 1. The van der Waals surface area contributed by atoms with Crippen molar-refractivity contribution in [2.24, 2.45) is 0 Å². The van der Waals surface area contributed by atoms with Gasteiger partial charge in [-0.3, -0.25) is 9.59 Å². The maximum atomic E-state index is 11.4. The van der Waals surface area contributed by atoms with Crippen LogP contribution in [0.25, 0.3) is 0 Å². The first-order chi connectivity index (χ1) is 9.49. The van der Waals surface area contributed by atoms with Crippen molar-refractivity contribution in [3.05, 3.63) is 22.7 Å². The van der Waals surface area contributed by atoms with Crippen molar-refractivity contribution < 1.29 is 19.1 Å². The van der Waals surface area contributed by atoms with Crippen LogP contribution in [0.4, 0.5) is 0 Å². The number of benzene rings is 1. The minimum atomic E-state index is 0.0444. The minimum Gasteiger partial charge on any atom is -0.493 e. The summed E-state index contributed by atoms with van der Waals surface area (Å²) >= 11 is 6.04. The van der Waals surface area contributed by atoms with Crippen molar-refractivity contribution in [1.29, 1.82) is 0 Å². The number of hydrogen-bond donors (Lipinski definition) is 0. The number of hydrogen-bond acceptors (Lipinski definition) is 4. The molecule has 0 radical (unpaired) electrons. The molecule has 0 spiro atoms. The highest BCUT2D eigenvalue weighted by molar-refractivity contribution is 6.32. The molecular weight excluding hydrogens is 282 g/mol. The van der Waals surface area contributed by atoms with E-state index in [1.165, 1.54) is 18.1 Å². The summed E-state index contributed by atoms with van der Waals surface area (Å²) in [5, 5.41) is 0.311. The van der Waals surface area contributed by atoms with E-state index in [1.807, 2.05) is 0 Å². The molecule has 1 amide bonds. The summed E-state index contributed by atoms with van der Waals surface area (Å²) in [5.74, 6) is 0.832. The molecule has 20 heavy (non-hydrogen) atoms. The molecule has 1 aromatic rings. The zero-order chi connectivity index (χ0) is 15.1. The Bertz CT molecular complexity index is 488. The molecule has 0 aliphatic rings. The van der Waals surface area contributed by atoms with Crippen LogP contribution in [0, 0.1) is 0 Å². The first-order valence-electron chi connectivity index (χ1n) is 6.15. The normalized spacial score (nSPS) is 10.0. The van der Waals surface area contributed by atoms with Gasteiger partial charge < -0.3 is 14.4 Å². The van der Waals surface area contributed by atoms with E-state index in [4.69, 9.17) is 21.1 Å². The van der Waals surface area contributed by atoms with Crippen LogP contribution in [0.15, 0.2) is 12.1 Å². The second kappa shape index (κ2) is 7.75. The van der Waals surface area contributed by atoms with E-state index in [1.54, 1.807) is 20.2 Å². The lowest BCUT2D eigenvalue weighted by atomic mass is 10.2. The SMILES string of the molecule is COc1cc(C=O)cc(Cl)c1OCCCC(=O)N(C)C. The third kappa shape index (κ3) is 4.42. The molecule has 0 fully saturated rings. The van der Waals surface area contributed by atoms with Gasteiger partial charge in [-0.1, -0.05) is 11.6 Å². The minimum absolute atomic E-state index is 0.0444. The van der Waals surface area contributed by atoms with E-state index in [2.05, 4.69) is 0 Å². The Hall–Kier alpha value is -1.75. The molecule has 0 aliphatic carbocycles. The Morgan fingerprint density at radius 3 is 2.65 bits per heavy atom. The first-order valence-corrected chi connectivity index (χ1v) is 6.53. The molecule has 1 rings (SSSR count). The number of carbonyl (C=O) groups excluding carboxylic acids is 2. The van der Waals surface area contributed by atoms with Gasteiger partial charge in [0, 0.05) is 26.1 Å². The molecule has 1 aromatic carbocycles. The zero-order valence-electron chi connectivity index (χ0n) is 11.8. The number of ether oxygens (including phenoxy) is 2. The van der Waals surface area contributed by atoms with Crippen LogP contribution in [0.2, 0.25) is 5.02 Å². The second-order valence-corrected chi connectivity index (χ2v) is 4.80. The quantitative estimate of drug-likeness (QED) is 0.573. The van der Waals surface area contributed by atoms with Crippen LogP contribution in [0.3, 0.4) is 0 Å². The summed E-state index contributed by atoms with van der Waals surface area (Å²) in [6.45, 7) is 0.343. The predicted octanol–water partition coefficient (Wildman–Crippen LogP) is 2.41. The lowest BCUT2D eigenvalue weighted by Crippen LogP contribution is -2.21. The summed E-state index contributed by atoms with van der Waals surface area (Å²) < 4.78 is 10.7. The van der Waals surface area contributed by atoms with Gasteiger partial charge in [-0.2, -0.15) is 0 Å². The lowest BCUT2D eigenvalue weighted by molar-refractivity contribution is -0.128. The molecule has 0 unspecified atom stereocenters. The van der Waals surface area contributed by atoms with Crippen LogP contribution in [0.5, 0.6) is 11.5 Å². The average Bonchev–Trinajstić information content (AvgIpc) is 2.43. The Morgan fingerprint density at radius 2 is 2.10 bits per heavy atom. The maximum Gasteiger partial charge on any atom is 0.222 e. The van der Waals surface area contributed by atoms with Gasteiger partial charge in [0.1, 0.15) is 6.29 Å². The fourth-order valence-electron chi connectivity index (χ4n) is 1.57. The summed E-state index contributed by atoms with van der Waals surface area (Å²) in [4.78, 5) is 23.7. The van der Waals surface area contributed by atoms with Gasteiger partial charge in [0.25, 0.3) is 0 Å². The average molecular weight is 300 g/mol. The highest BCUT2D eigenvalue weighted by Gasteiger charge is 2.12. The number of carbonyl (C=O) groups is 2. The number of methoxy groups -OCH3 is 1. The molecule has 6 heteroatoms. The monoisotopic (exact) mass is 299 g/mol. The Labute approximate surface area is 123 Å². The van der Waals surface area contributed by atoms with E-state index in [0.717, 1.165) is 0 Å². The van der Waals surface area contributed by atoms with E-state index >= 15 is 0 Å². The maximum absolute atomic E-state index is 11.4. The van der Waals surface area contributed by atoms with E-state index < -0.39 is 0 Å². The van der Waals surface area contributed by atoms with Gasteiger partial charge in [-0.25, -0.2) is 0 Å². The summed E-state index contributed by atoms with van der Waals surface area (Å²) in [6, 6.07) is 3.07. The Kier molecular flexibility index (Phi) is 6.31. The van der Waals surface area contributed by atoms with E-state index in [9.17, 15) is 9.59 Å². The Morgan fingerprint density at radius 1 is 1.40 bits per heavy atom. The van der Waals surface area contributed by atoms with Crippen molar-refractivity contribution in [1.82, 2.24) is 4.90 Å². The van der Waals surface area contributed by atoms with Crippen molar-refractivity contribution >= 4 is 23.8 Å². The van der Waals surface area contributed by atoms with E-state index in [-0.39, 0.29) is 5.91 Å². The van der Waals surface area contributed by atoms with Crippen LogP contribution in [-0.2, 0) is 4.79 Å². The molecule has 0 heterocycles. The van der Waals surface area contributed by atoms with Crippen molar-refractivity contribution in [3.63, 3.8) is 0 Å². The molecule has 0 aliphatic heterocycles. The van der Waals surface area contributed by atoms with Crippen molar-refractivity contribution in [3.8, 4) is 11.5 Å². The van der Waals surface area contributed by atoms with Gasteiger partial charge in [-0.15, -0.1) is 0 Å². The Balaban J connectivity index is 2.64. The van der Waals surface area contributed by atoms with Crippen molar-refractivity contribution in [2.75, 3.05) is 27.8 Å². The van der Waals surface area contributed by atoms with Crippen LogP contribution < -0.4 is 9.47 Å². The standard InChI is InChI=1S/C14H18ClNO4/c1-16(2)13(18)5-4-6-20-14-11(15)7-10(9-17)8-12(14)19-3/h7-9H,4-6H2,1-3H3. The number of rotatable bonds is 7. The summed E-state index contributed by atoms with van der Waals surface area (Å²) in [7, 11) is 4.89. The molecule has 0 saturated heterocycles. The third-order valence-corrected chi connectivity index (χ3v) is 2.95. The first kappa shape index (κ1) is 16.3. The molecule has 110 valence electrons. The van der Waals surface area contributed by atoms with Crippen LogP contribution in [-0.4, -0.2) is 44.9 Å². The highest BCUT2D eigenvalue weighted by Crippen LogP contribution is 2.36. The van der Waals surface area contributed by atoms with E-state index in [0.29, 0.717) is 47.8 Å². The summed E-state index contributed by atoms with van der Waals surface area (Å²) in [6.07, 6.45) is 1.67. The fraction of sp³-hybridized carbons (Fsp3) is 0.429. The smallest absolute Gasteiger partial charge is 0.222 e. The van der Waals surface area contributed by atoms with Gasteiger partial charge in [0.15, 0.2) is 11.5 Å². The number of amides is 1. The summed E-state index contributed by atoms with van der Waals surface area (Å²) in [5.41, 5.74) is 0.419. The lowest BCUT2D eigenvalue weighted by Gasteiger charge is -2.13. The molecule has 0 N–H and O–H groups in total.